The molecule has 0 saturated carbocycles. The summed E-state index contributed by atoms with van der Waals surface area (Å²) < 4.78 is 5.00. The average molecular weight is 356 g/mol. The number of nitriles is 1. The van der Waals surface area contributed by atoms with Gasteiger partial charge in [-0.3, -0.25) is 4.79 Å². The Morgan fingerprint density at radius 2 is 2.00 bits per heavy atom. The Kier molecular flexibility index (Phi) is 5.94. The van der Waals surface area contributed by atoms with Crippen LogP contribution in [0.2, 0.25) is 0 Å². The van der Waals surface area contributed by atoms with Gasteiger partial charge in [-0.05, 0) is 44.4 Å². The maximum absolute atomic E-state index is 12.4. The summed E-state index contributed by atoms with van der Waals surface area (Å²) in [5.74, 6) is -0.696. The van der Waals surface area contributed by atoms with Crippen molar-refractivity contribution in [2.24, 2.45) is 0 Å². The summed E-state index contributed by atoms with van der Waals surface area (Å²) in [4.78, 5) is 24.7. The molecule has 2 aromatic rings. The van der Waals surface area contributed by atoms with E-state index >= 15 is 0 Å². The lowest BCUT2D eigenvalue weighted by atomic mass is 10.0. The molecule has 5 nitrogen and oxygen atoms in total. The number of carbonyl (C=O) groups is 2. The normalized spacial score (nSPS) is 10.2. The van der Waals surface area contributed by atoms with Gasteiger partial charge in [0.15, 0.2) is 0 Å². The predicted octanol–water partition coefficient (Wildman–Crippen LogP) is 3.90. The van der Waals surface area contributed by atoms with E-state index in [-0.39, 0.29) is 18.9 Å². The van der Waals surface area contributed by atoms with Crippen molar-refractivity contribution in [1.82, 2.24) is 0 Å². The molecular weight excluding hydrogens is 336 g/mol. The van der Waals surface area contributed by atoms with Crippen molar-refractivity contribution in [2.45, 2.75) is 34.1 Å². The van der Waals surface area contributed by atoms with Crippen LogP contribution in [0.1, 0.15) is 44.4 Å². The van der Waals surface area contributed by atoms with Crippen molar-refractivity contribution in [3.63, 3.8) is 0 Å². The molecule has 0 fully saturated rings. The molecule has 1 heterocycles. The Hall–Kier alpha value is -2.65. The van der Waals surface area contributed by atoms with E-state index in [2.05, 4.69) is 11.4 Å². The molecule has 130 valence electrons. The predicted molar refractivity (Wildman–Crippen MR) is 98.0 cm³/mol. The van der Waals surface area contributed by atoms with Crippen LogP contribution in [0.5, 0.6) is 0 Å². The number of aryl methyl sites for hydroxylation is 2. The first-order chi connectivity index (χ1) is 11.9. The Morgan fingerprint density at radius 1 is 1.28 bits per heavy atom. The van der Waals surface area contributed by atoms with E-state index in [1.807, 2.05) is 32.0 Å². The monoisotopic (exact) mass is 356 g/mol. The number of nitrogens with one attached hydrogen (secondary N) is 1. The fraction of sp³-hybridized carbons (Fsp3) is 0.316. The molecule has 0 spiro atoms. The van der Waals surface area contributed by atoms with Gasteiger partial charge in [0.2, 0.25) is 5.91 Å². The van der Waals surface area contributed by atoms with Crippen LogP contribution in [-0.4, -0.2) is 18.5 Å². The Labute approximate surface area is 151 Å². The molecule has 0 atom stereocenters. The maximum atomic E-state index is 12.4. The molecule has 0 aliphatic carbocycles. The molecule has 0 radical (unpaired) electrons. The van der Waals surface area contributed by atoms with Gasteiger partial charge in [-0.2, -0.15) is 5.26 Å². The summed E-state index contributed by atoms with van der Waals surface area (Å²) in [7, 11) is 0. The zero-order valence-electron chi connectivity index (χ0n) is 14.7. The number of nitrogens with zero attached hydrogens (tertiary/aromatic N) is 1. The van der Waals surface area contributed by atoms with Gasteiger partial charge >= 0.3 is 5.97 Å². The van der Waals surface area contributed by atoms with Gasteiger partial charge < -0.3 is 10.1 Å². The van der Waals surface area contributed by atoms with Crippen LogP contribution in [0.15, 0.2) is 18.2 Å². The van der Waals surface area contributed by atoms with Gasteiger partial charge in [0.05, 0.1) is 18.6 Å². The summed E-state index contributed by atoms with van der Waals surface area (Å²) in [5, 5.41) is 12.5. The topological polar surface area (TPSA) is 79.2 Å². The van der Waals surface area contributed by atoms with Crippen LogP contribution in [0.3, 0.4) is 0 Å². The highest BCUT2D eigenvalue weighted by atomic mass is 32.1. The second-order valence-electron chi connectivity index (χ2n) is 5.75. The van der Waals surface area contributed by atoms with Crippen LogP contribution < -0.4 is 5.32 Å². The number of carbonyl (C=O) groups excluding carboxylic acids is 2. The molecule has 0 bridgehead atoms. The van der Waals surface area contributed by atoms with Crippen LogP contribution in [0.4, 0.5) is 5.00 Å². The minimum absolute atomic E-state index is 0.212. The minimum Gasteiger partial charge on any atom is -0.462 e. The zero-order valence-corrected chi connectivity index (χ0v) is 15.5. The smallest absolute Gasteiger partial charge is 0.348 e. The highest BCUT2D eigenvalue weighted by Gasteiger charge is 2.22. The lowest BCUT2D eigenvalue weighted by molar-refractivity contribution is -0.115. The van der Waals surface area contributed by atoms with Crippen molar-refractivity contribution in [2.75, 3.05) is 11.9 Å². The second-order valence-corrected chi connectivity index (χ2v) is 6.77. The second kappa shape index (κ2) is 7.95. The lowest BCUT2D eigenvalue weighted by Crippen LogP contribution is -2.15. The first kappa shape index (κ1) is 18.7. The first-order valence-electron chi connectivity index (χ1n) is 7.94. The number of anilines is 1. The summed E-state index contributed by atoms with van der Waals surface area (Å²) >= 11 is 1.08. The third-order valence-electron chi connectivity index (χ3n) is 3.83. The molecule has 0 saturated heterocycles. The average Bonchev–Trinajstić information content (AvgIpc) is 2.86. The minimum atomic E-state index is -0.475. The van der Waals surface area contributed by atoms with Gasteiger partial charge in [0.1, 0.15) is 15.9 Å². The van der Waals surface area contributed by atoms with E-state index in [0.717, 1.165) is 28.0 Å². The van der Waals surface area contributed by atoms with E-state index < -0.39 is 5.97 Å². The van der Waals surface area contributed by atoms with E-state index in [1.165, 1.54) is 0 Å². The number of hydrogen-bond acceptors (Lipinski definition) is 5. The summed E-state index contributed by atoms with van der Waals surface area (Å²) in [5.41, 5.74) is 3.91. The van der Waals surface area contributed by atoms with Gasteiger partial charge in [-0.25, -0.2) is 4.79 Å². The number of hydrogen-bond donors (Lipinski definition) is 1. The van der Waals surface area contributed by atoms with E-state index in [0.29, 0.717) is 21.0 Å². The standard InChI is InChI=1S/C19H20N2O3S/c1-5-24-19(23)17-13(4)15(10-20)18(25-17)21-16(22)9-14-8-11(2)6-7-12(14)3/h6-8H,5,9H2,1-4H3,(H,21,22). The lowest BCUT2D eigenvalue weighted by Gasteiger charge is -2.07. The first-order valence-corrected chi connectivity index (χ1v) is 8.75. The molecule has 2 rings (SSSR count). The highest BCUT2D eigenvalue weighted by molar-refractivity contribution is 7.18. The maximum Gasteiger partial charge on any atom is 0.348 e. The van der Waals surface area contributed by atoms with Gasteiger partial charge in [-0.1, -0.05) is 23.8 Å². The zero-order chi connectivity index (χ0) is 18.6. The largest absolute Gasteiger partial charge is 0.462 e. The number of benzene rings is 1. The van der Waals surface area contributed by atoms with Crippen molar-refractivity contribution >= 4 is 28.2 Å². The van der Waals surface area contributed by atoms with Crippen molar-refractivity contribution < 1.29 is 14.3 Å². The number of thiophene rings is 1. The number of amides is 1. The summed E-state index contributed by atoms with van der Waals surface area (Å²) in [6.45, 7) is 7.59. The van der Waals surface area contributed by atoms with E-state index in [9.17, 15) is 14.9 Å². The van der Waals surface area contributed by atoms with E-state index in [4.69, 9.17) is 4.74 Å². The molecule has 1 aromatic carbocycles. The number of ether oxygens (including phenoxy) is 1. The fourth-order valence-electron chi connectivity index (χ4n) is 2.46. The molecule has 6 heteroatoms. The van der Waals surface area contributed by atoms with Crippen LogP contribution in [-0.2, 0) is 16.0 Å². The molecular formula is C19H20N2O3S. The molecule has 1 aromatic heterocycles. The number of esters is 1. The third kappa shape index (κ3) is 4.25. The molecule has 0 unspecified atom stereocenters. The fourth-order valence-corrected chi connectivity index (χ4v) is 3.53. The highest BCUT2D eigenvalue weighted by Crippen LogP contribution is 2.33. The van der Waals surface area contributed by atoms with Crippen LogP contribution in [0.25, 0.3) is 0 Å². The summed E-state index contributed by atoms with van der Waals surface area (Å²) in [6.07, 6.45) is 0.212. The third-order valence-corrected chi connectivity index (χ3v) is 5.02. The van der Waals surface area contributed by atoms with Gasteiger partial charge in [0, 0.05) is 0 Å². The molecule has 25 heavy (non-hydrogen) atoms. The van der Waals surface area contributed by atoms with Crippen LogP contribution in [0, 0.1) is 32.1 Å². The quantitative estimate of drug-likeness (QED) is 0.824. The summed E-state index contributed by atoms with van der Waals surface area (Å²) in [6, 6.07) is 8.01. The molecule has 0 aliphatic heterocycles. The molecule has 1 amide bonds. The van der Waals surface area contributed by atoms with Crippen molar-refractivity contribution in [3.8, 4) is 6.07 Å². The Bertz CT molecular complexity index is 862. The SMILES string of the molecule is CCOC(=O)c1sc(NC(=O)Cc2cc(C)ccc2C)c(C#N)c1C. The van der Waals surface area contributed by atoms with Gasteiger partial charge in [-0.15, -0.1) is 11.3 Å². The Morgan fingerprint density at radius 3 is 2.64 bits per heavy atom. The number of rotatable bonds is 5. The molecule has 1 N–H and O–H groups in total. The van der Waals surface area contributed by atoms with Crippen molar-refractivity contribution in [3.05, 3.63) is 50.9 Å². The van der Waals surface area contributed by atoms with Crippen LogP contribution >= 0.6 is 11.3 Å². The Balaban J connectivity index is 2.23. The van der Waals surface area contributed by atoms with Gasteiger partial charge in [0.25, 0.3) is 0 Å². The molecule has 0 aliphatic rings. The van der Waals surface area contributed by atoms with Crippen molar-refractivity contribution in [1.29, 1.82) is 5.26 Å². The van der Waals surface area contributed by atoms with E-state index in [1.54, 1.807) is 13.8 Å².